The van der Waals surface area contributed by atoms with E-state index in [1.54, 1.807) is 4.68 Å². The largest absolute Gasteiger partial charge is 0.299 e. The number of benzene rings is 2. The van der Waals surface area contributed by atoms with Gasteiger partial charge in [-0.25, -0.2) is 4.68 Å². The van der Waals surface area contributed by atoms with Crippen LogP contribution in [0.2, 0.25) is 5.02 Å². The van der Waals surface area contributed by atoms with Gasteiger partial charge >= 0.3 is 0 Å². The van der Waals surface area contributed by atoms with Crippen molar-refractivity contribution in [2.75, 3.05) is 0 Å². The topological polar surface area (TPSA) is 37.8 Å². The Kier molecular flexibility index (Phi) is 3.67. The van der Waals surface area contributed by atoms with E-state index in [4.69, 9.17) is 11.6 Å². The molecule has 0 aliphatic heterocycles. The Morgan fingerprint density at radius 2 is 1.86 bits per heavy atom. The summed E-state index contributed by atoms with van der Waals surface area (Å²) in [6.07, 6.45) is 0. The van der Waals surface area contributed by atoms with Crippen molar-refractivity contribution >= 4 is 11.6 Å². The molecular formula is C17H15ClN2O. The van der Waals surface area contributed by atoms with Crippen molar-refractivity contribution < 1.29 is 0 Å². The third-order valence-electron chi connectivity index (χ3n) is 3.43. The van der Waals surface area contributed by atoms with Gasteiger partial charge in [-0.2, -0.15) is 0 Å². The van der Waals surface area contributed by atoms with Crippen molar-refractivity contribution in [2.45, 2.75) is 13.5 Å². The van der Waals surface area contributed by atoms with Gasteiger partial charge < -0.3 is 0 Å². The monoisotopic (exact) mass is 298 g/mol. The zero-order chi connectivity index (χ0) is 14.8. The Morgan fingerprint density at radius 3 is 2.57 bits per heavy atom. The molecule has 0 aliphatic carbocycles. The van der Waals surface area contributed by atoms with Crippen LogP contribution in [0.5, 0.6) is 0 Å². The maximum Gasteiger partial charge on any atom is 0.274 e. The van der Waals surface area contributed by atoms with Crippen LogP contribution in [0.1, 0.15) is 11.3 Å². The van der Waals surface area contributed by atoms with Crippen molar-refractivity contribution in [1.82, 2.24) is 9.78 Å². The summed E-state index contributed by atoms with van der Waals surface area (Å²) in [6.45, 7) is 2.39. The minimum Gasteiger partial charge on any atom is -0.299 e. The standard InChI is InChI=1S/C17H15ClN2O/c1-12-16(14-7-3-2-4-8-14)17(21)20(19-12)11-13-6-5-9-15(18)10-13/h2-10,19H,11H2,1H3. The number of nitrogens with zero attached hydrogens (tertiary/aromatic N) is 1. The van der Waals surface area contributed by atoms with Crippen LogP contribution in [0, 0.1) is 6.92 Å². The van der Waals surface area contributed by atoms with E-state index in [1.807, 2.05) is 61.5 Å². The average molecular weight is 299 g/mol. The molecule has 2 aromatic carbocycles. The minimum absolute atomic E-state index is 0.0151. The average Bonchev–Trinajstić information content (AvgIpc) is 2.74. The number of H-pyrrole nitrogens is 1. The van der Waals surface area contributed by atoms with E-state index >= 15 is 0 Å². The van der Waals surface area contributed by atoms with E-state index in [9.17, 15) is 4.79 Å². The number of aromatic nitrogens is 2. The number of nitrogens with one attached hydrogen (secondary N) is 1. The Hall–Kier alpha value is -2.26. The first-order valence-corrected chi connectivity index (χ1v) is 7.12. The molecule has 1 N–H and O–H groups in total. The number of aryl methyl sites for hydroxylation is 1. The first kappa shape index (κ1) is 13.7. The summed E-state index contributed by atoms with van der Waals surface area (Å²) in [5.74, 6) is 0. The lowest BCUT2D eigenvalue weighted by Gasteiger charge is -2.02. The summed E-state index contributed by atoms with van der Waals surface area (Å²) in [7, 11) is 0. The summed E-state index contributed by atoms with van der Waals surface area (Å²) < 4.78 is 1.61. The summed E-state index contributed by atoms with van der Waals surface area (Å²) >= 11 is 5.99. The first-order chi connectivity index (χ1) is 10.1. The second kappa shape index (κ2) is 5.62. The van der Waals surface area contributed by atoms with Crippen LogP contribution >= 0.6 is 11.6 Å². The zero-order valence-corrected chi connectivity index (χ0v) is 12.4. The van der Waals surface area contributed by atoms with Gasteiger partial charge in [-0.05, 0) is 30.2 Å². The lowest BCUT2D eigenvalue weighted by atomic mass is 10.1. The van der Waals surface area contributed by atoms with Gasteiger partial charge in [0, 0.05) is 10.7 Å². The van der Waals surface area contributed by atoms with E-state index in [-0.39, 0.29) is 5.56 Å². The molecule has 0 atom stereocenters. The second-order valence-corrected chi connectivity index (χ2v) is 5.44. The maximum atomic E-state index is 12.6. The van der Waals surface area contributed by atoms with Crippen LogP contribution in [-0.4, -0.2) is 9.78 Å². The fourth-order valence-electron chi connectivity index (χ4n) is 2.48. The molecule has 0 amide bonds. The molecule has 0 saturated carbocycles. The lowest BCUT2D eigenvalue weighted by molar-refractivity contribution is 0.658. The highest BCUT2D eigenvalue weighted by molar-refractivity contribution is 6.30. The predicted molar refractivity (Wildman–Crippen MR) is 85.8 cm³/mol. The normalized spacial score (nSPS) is 10.8. The number of rotatable bonds is 3. The van der Waals surface area contributed by atoms with Gasteiger partial charge in [0.15, 0.2) is 0 Å². The fourth-order valence-corrected chi connectivity index (χ4v) is 2.69. The highest BCUT2D eigenvalue weighted by atomic mass is 35.5. The molecule has 0 aliphatic rings. The van der Waals surface area contributed by atoms with Crippen molar-refractivity contribution in [2.24, 2.45) is 0 Å². The summed E-state index contributed by atoms with van der Waals surface area (Å²) in [6, 6.07) is 17.2. The van der Waals surface area contributed by atoms with Gasteiger partial charge in [-0.15, -0.1) is 0 Å². The van der Waals surface area contributed by atoms with Crippen LogP contribution in [-0.2, 0) is 6.54 Å². The zero-order valence-electron chi connectivity index (χ0n) is 11.6. The quantitative estimate of drug-likeness (QED) is 0.783. The van der Waals surface area contributed by atoms with Crippen molar-refractivity contribution in [3.8, 4) is 11.1 Å². The van der Waals surface area contributed by atoms with Gasteiger partial charge in [-0.1, -0.05) is 54.1 Å². The van der Waals surface area contributed by atoms with E-state index in [1.165, 1.54) is 0 Å². The molecule has 21 heavy (non-hydrogen) atoms. The molecule has 4 heteroatoms. The summed E-state index contributed by atoms with van der Waals surface area (Å²) in [5, 5.41) is 3.81. The molecule has 106 valence electrons. The number of hydrogen-bond acceptors (Lipinski definition) is 1. The Labute approximate surface area is 127 Å². The molecule has 0 bridgehead atoms. The third kappa shape index (κ3) is 2.78. The smallest absolute Gasteiger partial charge is 0.274 e. The SMILES string of the molecule is Cc1[nH]n(Cc2cccc(Cl)c2)c(=O)c1-c1ccccc1. The van der Waals surface area contributed by atoms with Crippen molar-refractivity contribution in [1.29, 1.82) is 0 Å². The van der Waals surface area contributed by atoms with E-state index in [2.05, 4.69) is 5.10 Å². The Bertz CT molecular complexity index is 818. The molecule has 1 heterocycles. The van der Waals surface area contributed by atoms with Gasteiger partial charge in [0.05, 0.1) is 12.1 Å². The highest BCUT2D eigenvalue weighted by Crippen LogP contribution is 2.18. The van der Waals surface area contributed by atoms with Crippen molar-refractivity contribution in [3.63, 3.8) is 0 Å². The molecular weight excluding hydrogens is 284 g/mol. The van der Waals surface area contributed by atoms with E-state index in [0.29, 0.717) is 11.6 Å². The van der Waals surface area contributed by atoms with Gasteiger partial charge in [0.25, 0.3) is 5.56 Å². The summed E-state index contributed by atoms with van der Waals surface area (Å²) in [5.41, 5.74) is 3.50. The number of halogens is 1. The van der Waals surface area contributed by atoms with Crippen LogP contribution in [0.4, 0.5) is 0 Å². The van der Waals surface area contributed by atoms with Crippen LogP contribution in [0.3, 0.4) is 0 Å². The van der Waals surface area contributed by atoms with Gasteiger partial charge in [0.1, 0.15) is 0 Å². The van der Waals surface area contributed by atoms with Gasteiger partial charge in [-0.3, -0.25) is 9.89 Å². The number of hydrogen-bond donors (Lipinski definition) is 1. The molecule has 0 unspecified atom stereocenters. The molecule has 3 aromatic rings. The Balaban J connectivity index is 2.01. The molecule has 3 rings (SSSR count). The molecule has 0 saturated heterocycles. The molecule has 1 aromatic heterocycles. The van der Waals surface area contributed by atoms with Crippen molar-refractivity contribution in [3.05, 3.63) is 81.2 Å². The van der Waals surface area contributed by atoms with E-state index in [0.717, 1.165) is 22.4 Å². The van der Waals surface area contributed by atoms with E-state index < -0.39 is 0 Å². The van der Waals surface area contributed by atoms with Crippen LogP contribution in [0.15, 0.2) is 59.4 Å². The van der Waals surface area contributed by atoms with Crippen LogP contribution in [0.25, 0.3) is 11.1 Å². The summed E-state index contributed by atoms with van der Waals surface area (Å²) in [4.78, 5) is 12.6. The number of aromatic amines is 1. The fraction of sp³-hybridized carbons (Fsp3) is 0.118. The molecule has 0 radical (unpaired) electrons. The maximum absolute atomic E-state index is 12.6. The minimum atomic E-state index is -0.0151. The first-order valence-electron chi connectivity index (χ1n) is 6.74. The molecule has 0 fully saturated rings. The van der Waals surface area contributed by atoms with Gasteiger partial charge in [0.2, 0.25) is 0 Å². The molecule has 3 nitrogen and oxygen atoms in total. The Morgan fingerprint density at radius 1 is 1.10 bits per heavy atom. The highest BCUT2D eigenvalue weighted by Gasteiger charge is 2.13. The second-order valence-electron chi connectivity index (χ2n) is 5.00. The van der Waals surface area contributed by atoms with Crippen LogP contribution < -0.4 is 5.56 Å². The lowest BCUT2D eigenvalue weighted by Crippen LogP contribution is -2.18. The third-order valence-corrected chi connectivity index (χ3v) is 3.66. The predicted octanol–water partition coefficient (Wildman–Crippen LogP) is 3.85. The molecule has 0 spiro atoms.